The molecule has 3 nitrogen and oxygen atoms in total. The third-order valence-electron chi connectivity index (χ3n) is 5.66. The first-order chi connectivity index (χ1) is 13.3. The maximum atomic E-state index is 6.76. The zero-order chi connectivity index (χ0) is 20.9. The molecule has 3 unspecified atom stereocenters. The van der Waals surface area contributed by atoms with Gasteiger partial charge in [0.15, 0.2) is 0 Å². The molecule has 0 aromatic heterocycles. The highest BCUT2D eigenvalue weighted by Crippen LogP contribution is 2.54. The van der Waals surface area contributed by atoms with Crippen molar-refractivity contribution in [2.24, 2.45) is 27.2 Å². The molecule has 0 fully saturated rings. The van der Waals surface area contributed by atoms with Crippen LogP contribution in [0.15, 0.2) is 68.4 Å². The molecule has 0 saturated carbocycles. The Labute approximate surface area is 175 Å². The Morgan fingerprint density at radius 1 is 1.29 bits per heavy atom. The number of halogens is 1. The van der Waals surface area contributed by atoms with Crippen LogP contribution in [-0.2, 0) is 4.74 Å². The second-order valence-electron chi connectivity index (χ2n) is 8.17. The van der Waals surface area contributed by atoms with Crippen molar-refractivity contribution >= 4 is 23.7 Å². The molecule has 0 saturated heterocycles. The van der Waals surface area contributed by atoms with Gasteiger partial charge in [-0.05, 0) is 59.8 Å². The first-order valence-electron chi connectivity index (χ1n) is 9.92. The fourth-order valence-corrected chi connectivity index (χ4v) is 4.93. The summed E-state index contributed by atoms with van der Waals surface area (Å²) < 4.78 is 5.71. The molecule has 0 aromatic rings. The van der Waals surface area contributed by atoms with Gasteiger partial charge in [0.05, 0.1) is 18.4 Å². The minimum absolute atomic E-state index is 0.247. The summed E-state index contributed by atoms with van der Waals surface area (Å²) in [5, 5.41) is 0.965. The normalized spacial score (nSPS) is 27.1. The van der Waals surface area contributed by atoms with Crippen LogP contribution in [0.4, 0.5) is 0 Å². The number of methoxy groups -OCH3 is 1. The largest absolute Gasteiger partial charge is 0.481 e. The Kier molecular flexibility index (Phi) is 7.65. The zero-order valence-corrected chi connectivity index (χ0v) is 18.8. The van der Waals surface area contributed by atoms with E-state index in [-0.39, 0.29) is 11.3 Å². The van der Waals surface area contributed by atoms with Crippen LogP contribution in [0.1, 0.15) is 53.9 Å². The standard InChI is InChI=1S/C24H33ClN2O/c1-8-26-15-19(16(2)3)23(28-7)27-22(17(4)5)24(6)14-10-12-18-11-9-13-20(25)21(18)24/h8,10,13-15,18,21H,1,9,11-12H2,2-7H3/b26-15-,27-23+. The molecular formula is C24H33ClN2O. The van der Waals surface area contributed by atoms with E-state index in [1.807, 2.05) is 13.8 Å². The Balaban J connectivity index is 2.63. The molecule has 0 aliphatic heterocycles. The molecule has 2 aliphatic carbocycles. The lowest BCUT2D eigenvalue weighted by molar-refractivity contribution is 0.212. The first-order valence-corrected chi connectivity index (χ1v) is 10.3. The predicted molar refractivity (Wildman–Crippen MR) is 122 cm³/mol. The molecule has 3 atom stereocenters. The van der Waals surface area contributed by atoms with Gasteiger partial charge < -0.3 is 4.74 Å². The molecule has 0 amide bonds. The van der Waals surface area contributed by atoms with Crippen molar-refractivity contribution in [2.45, 2.75) is 53.9 Å². The van der Waals surface area contributed by atoms with E-state index in [2.05, 4.69) is 50.6 Å². The van der Waals surface area contributed by atoms with E-state index in [9.17, 15) is 0 Å². The Morgan fingerprint density at radius 2 is 2.00 bits per heavy atom. The summed E-state index contributed by atoms with van der Waals surface area (Å²) in [6.07, 6.45) is 13.3. The number of rotatable bonds is 5. The lowest BCUT2D eigenvalue weighted by Crippen LogP contribution is -2.38. The van der Waals surface area contributed by atoms with Crippen LogP contribution in [0.25, 0.3) is 0 Å². The summed E-state index contributed by atoms with van der Waals surface area (Å²) >= 11 is 6.76. The molecule has 0 spiro atoms. The molecule has 0 aromatic carbocycles. The Morgan fingerprint density at radius 3 is 2.57 bits per heavy atom. The number of aliphatic imine (C=N–C) groups is 2. The smallest absolute Gasteiger partial charge is 0.222 e. The fourth-order valence-electron chi connectivity index (χ4n) is 4.42. The molecule has 0 radical (unpaired) electrons. The zero-order valence-electron chi connectivity index (χ0n) is 18.1. The molecule has 152 valence electrons. The van der Waals surface area contributed by atoms with Crippen LogP contribution >= 0.6 is 11.6 Å². The number of allylic oxidation sites excluding steroid dienone is 6. The summed E-state index contributed by atoms with van der Waals surface area (Å²) in [6, 6.07) is 0. The third kappa shape index (κ3) is 4.57. The van der Waals surface area contributed by atoms with E-state index in [1.165, 1.54) is 12.6 Å². The van der Waals surface area contributed by atoms with Crippen LogP contribution < -0.4 is 0 Å². The molecule has 2 rings (SSSR count). The lowest BCUT2D eigenvalue weighted by atomic mass is 9.61. The van der Waals surface area contributed by atoms with Gasteiger partial charge in [0.1, 0.15) is 0 Å². The van der Waals surface area contributed by atoms with Crippen molar-refractivity contribution in [3.63, 3.8) is 0 Å². The molecular weight excluding hydrogens is 368 g/mol. The molecule has 28 heavy (non-hydrogen) atoms. The first kappa shape index (κ1) is 22.4. The summed E-state index contributed by atoms with van der Waals surface area (Å²) in [5.41, 5.74) is 3.84. The van der Waals surface area contributed by atoms with Crippen molar-refractivity contribution in [1.82, 2.24) is 0 Å². The van der Waals surface area contributed by atoms with Gasteiger partial charge in [0, 0.05) is 28.8 Å². The highest BCUT2D eigenvalue weighted by Gasteiger charge is 2.45. The van der Waals surface area contributed by atoms with Crippen LogP contribution in [-0.4, -0.2) is 19.2 Å². The monoisotopic (exact) mass is 400 g/mol. The van der Waals surface area contributed by atoms with Gasteiger partial charge in [-0.2, -0.15) is 0 Å². The summed E-state index contributed by atoms with van der Waals surface area (Å²) in [5.74, 6) is 1.36. The Hall–Kier alpha value is -1.87. The maximum absolute atomic E-state index is 6.76. The Bertz CT molecular complexity index is 789. The average molecular weight is 401 g/mol. The van der Waals surface area contributed by atoms with E-state index >= 15 is 0 Å². The van der Waals surface area contributed by atoms with Crippen LogP contribution in [0.5, 0.6) is 0 Å². The van der Waals surface area contributed by atoms with Gasteiger partial charge in [-0.15, -0.1) is 0 Å². The van der Waals surface area contributed by atoms with Crippen molar-refractivity contribution in [1.29, 1.82) is 0 Å². The second kappa shape index (κ2) is 9.56. The highest BCUT2D eigenvalue weighted by atomic mass is 35.5. The maximum Gasteiger partial charge on any atom is 0.222 e. The molecule has 0 heterocycles. The topological polar surface area (TPSA) is 34.0 Å². The minimum Gasteiger partial charge on any atom is -0.481 e. The number of fused-ring (bicyclic) bond motifs is 1. The molecule has 0 bridgehead atoms. The van der Waals surface area contributed by atoms with E-state index in [0.29, 0.717) is 11.8 Å². The van der Waals surface area contributed by atoms with E-state index in [1.54, 1.807) is 13.3 Å². The van der Waals surface area contributed by atoms with Gasteiger partial charge in [0.25, 0.3) is 0 Å². The van der Waals surface area contributed by atoms with Crippen molar-refractivity contribution in [2.75, 3.05) is 7.11 Å². The van der Waals surface area contributed by atoms with Crippen molar-refractivity contribution in [3.05, 3.63) is 58.5 Å². The van der Waals surface area contributed by atoms with Crippen LogP contribution in [0.2, 0.25) is 0 Å². The average Bonchev–Trinajstić information content (AvgIpc) is 2.63. The van der Waals surface area contributed by atoms with E-state index in [4.69, 9.17) is 21.3 Å². The second-order valence-corrected chi connectivity index (χ2v) is 8.61. The lowest BCUT2D eigenvalue weighted by Gasteiger charge is -2.45. The summed E-state index contributed by atoms with van der Waals surface area (Å²) in [4.78, 5) is 9.22. The van der Waals surface area contributed by atoms with Crippen molar-refractivity contribution in [3.8, 4) is 0 Å². The van der Waals surface area contributed by atoms with Gasteiger partial charge >= 0.3 is 0 Å². The van der Waals surface area contributed by atoms with Gasteiger partial charge in [0.2, 0.25) is 5.90 Å². The quantitative estimate of drug-likeness (QED) is 0.278. The number of hydrogen-bond acceptors (Lipinski definition) is 3. The fraction of sp³-hybridized carbons (Fsp3) is 0.500. The molecule has 2 aliphatic rings. The predicted octanol–water partition coefficient (Wildman–Crippen LogP) is 6.99. The third-order valence-corrected chi connectivity index (χ3v) is 6.05. The SMILES string of the molecule is C=C/N=C\C(=C(C)C)/C(=N\C(=C(C)C)C1(C)C=CCC2CCC=C(Cl)C21)OC. The summed E-state index contributed by atoms with van der Waals surface area (Å²) in [7, 11) is 1.65. The number of hydrogen-bond donors (Lipinski definition) is 0. The molecule has 4 heteroatoms. The van der Waals surface area contributed by atoms with Gasteiger partial charge in [-0.1, -0.05) is 47.6 Å². The number of ether oxygens (including phenoxy) is 1. The van der Waals surface area contributed by atoms with Crippen molar-refractivity contribution < 1.29 is 4.74 Å². The van der Waals surface area contributed by atoms with E-state index < -0.39 is 0 Å². The molecule has 0 N–H and O–H groups in total. The minimum atomic E-state index is -0.276. The summed E-state index contributed by atoms with van der Waals surface area (Å²) in [6.45, 7) is 14.2. The van der Waals surface area contributed by atoms with Gasteiger partial charge in [-0.25, -0.2) is 4.99 Å². The number of nitrogens with zero attached hydrogens (tertiary/aromatic N) is 2. The van der Waals surface area contributed by atoms with E-state index in [0.717, 1.165) is 40.3 Å². The highest BCUT2D eigenvalue weighted by molar-refractivity contribution is 6.30. The van der Waals surface area contributed by atoms with Crippen LogP contribution in [0.3, 0.4) is 0 Å². The van der Waals surface area contributed by atoms with Crippen LogP contribution in [0, 0.1) is 17.3 Å². The van der Waals surface area contributed by atoms with Gasteiger partial charge in [-0.3, -0.25) is 4.99 Å².